The molecule has 522 valence electrons. The van der Waals surface area contributed by atoms with Crippen LogP contribution >= 0.6 is 15.6 Å². The summed E-state index contributed by atoms with van der Waals surface area (Å²) < 4.78 is 68.2. The zero-order valence-electron chi connectivity index (χ0n) is 57.0. The highest BCUT2D eigenvalue weighted by Gasteiger charge is 2.30. The Bertz CT molecular complexity index is 1720. The predicted molar refractivity (Wildman–Crippen MR) is 354 cm³/mol. The van der Waals surface area contributed by atoms with Gasteiger partial charge in [0.2, 0.25) is 0 Å². The van der Waals surface area contributed by atoms with Crippen molar-refractivity contribution < 1.29 is 80.2 Å². The van der Waals surface area contributed by atoms with E-state index < -0.39 is 97.5 Å². The van der Waals surface area contributed by atoms with E-state index in [1.807, 2.05) is 0 Å². The number of esters is 4. The number of rotatable bonds is 68. The van der Waals surface area contributed by atoms with Crippen LogP contribution < -0.4 is 0 Å². The van der Waals surface area contributed by atoms with E-state index in [1.54, 1.807) is 0 Å². The van der Waals surface area contributed by atoms with E-state index in [0.717, 1.165) is 102 Å². The molecule has 0 aromatic heterocycles. The van der Waals surface area contributed by atoms with E-state index >= 15 is 0 Å². The van der Waals surface area contributed by atoms with Crippen molar-refractivity contribution in [3.05, 3.63) is 0 Å². The fourth-order valence-electron chi connectivity index (χ4n) is 10.4. The third-order valence-electron chi connectivity index (χ3n) is 16.0. The zero-order chi connectivity index (χ0) is 65.0. The van der Waals surface area contributed by atoms with E-state index in [2.05, 4.69) is 41.5 Å². The number of hydrogen-bond acceptors (Lipinski definition) is 15. The van der Waals surface area contributed by atoms with Crippen molar-refractivity contribution in [1.29, 1.82) is 0 Å². The number of hydrogen-bond donors (Lipinski definition) is 3. The molecule has 0 aromatic carbocycles. The fraction of sp³-hybridized carbons (Fsp3) is 0.942. The van der Waals surface area contributed by atoms with Gasteiger partial charge in [-0.15, -0.1) is 0 Å². The minimum Gasteiger partial charge on any atom is -0.462 e. The maximum Gasteiger partial charge on any atom is 0.472 e. The molecule has 0 rings (SSSR count). The molecule has 17 nitrogen and oxygen atoms in total. The largest absolute Gasteiger partial charge is 0.472 e. The number of carbonyl (C=O) groups excluding carboxylic acids is 4. The number of phosphoric ester groups is 2. The molecule has 19 heteroatoms. The highest BCUT2D eigenvalue weighted by atomic mass is 31.2. The minimum atomic E-state index is -4.95. The molecule has 0 fully saturated rings. The van der Waals surface area contributed by atoms with Crippen LogP contribution in [0.1, 0.15) is 350 Å². The molecular formula is C69H134O17P2. The molecule has 0 saturated heterocycles. The quantitative estimate of drug-likeness (QED) is 0.0222. The van der Waals surface area contributed by atoms with Gasteiger partial charge in [-0.2, -0.15) is 0 Å². The van der Waals surface area contributed by atoms with Crippen LogP contribution in [0.5, 0.6) is 0 Å². The van der Waals surface area contributed by atoms with Gasteiger partial charge in [-0.3, -0.25) is 37.3 Å². The second-order valence-corrected chi connectivity index (χ2v) is 28.8. The molecule has 2 unspecified atom stereocenters. The van der Waals surface area contributed by atoms with E-state index in [4.69, 9.17) is 37.0 Å². The average molecular weight is 1300 g/mol. The molecule has 0 radical (unpaired) electrons. The number of ether oxygens (including phenoxy) is 4. The average Bonchev–Trinajstić information content (AvgIpc) is 3.60. The van der Waals surface area contributed by atoms with Gasteiger partial charge in [0.1, 0.15) is 19.3 Å². The lowest BCUT2D eigenvalue weighted by Crippen LogP contribution is -2.30. The van der Waals surface area contributed by atoms with Gasteiger partial charge in [-0.1, -0.05) is 298 Å². The van der Waals surface area contributed by atoms with Crippen molar-refractivity contribution in [3.8, 4) is 0 Å². The first-order chi connectivity index (χ1) is 42.4. The normalized spacial score (nSPS) is 14.2. The maximum atomic E-state index is 13.0. The Balaban J connectivity index is 5.24. The van der Waals surface area contributed by atoms with Gasteiger partial charge in [0.05, 0.1) is 26.4 Å². The van der Waals surface area contributed by atoms with Crippen LogP contribution in [0.15, 0.2) is 0 Å². The Morgan fingerprint density at radius 3 is 0.773 bits per heavy atom. The topological polar surface area (TPSA) is 237 Å². The minimum absolute atomic E-state index is 0.106. The molecule has 3 N–H and O–H groups in total. The molecule has 88 heavy (non-hydrogen) atoms. The first kappa shape index (κ1) is 86.1. The Hall–Kier alpha value is -1.94. The molecule has 0 aliphatic heterocycles. The van der Waals surface area contributed by atoms with Gasteiger partial charge in [0, 0.05) is 25.7 Å². The smallest absolute Gasteiger partial charge is 0.462 e. The van der Waals surface area contributed by atoms with Crippen LogP contribution in [0.25, 0.3) is 0 Å². The van der Waals surface area contributed by atoms with E-state index in [1.165, 1.54) is 161 Å². The van der Waals surface area contributed by atoms with Crippen LogP contribution in [0.3, 0.4) is 0 Å². The van der Waals surface area contributed by atoms with Gasteiger partial charge in [-0.25, -0.2) is 9.13 Å². The third-order valence-corrected chi connectivity index (χ3v) is 17.9. The lowest BCUT2D eigenvalue weighted by molar-refractivity contribution is -0.161. The lowest BCUT2D eigenvalue weighted by atomic mass is 10.0. The third kappa shape index (κ3) is 62.8. The highest BCUT2D eigenvalue weighted by molar-refractivity contribution is 7.47. The number of carbonyl (C=O) groups is 4. The van der Waals surface area contributed by atoms with Gasteiger partial charge >= 0.3 is 39.5 Å². The summed E-state index contributed by atoms with van der Waals surface area (Å²) in [6.45, 7) is 9.47. The van der Waals surface area contributed by atoms with Crippen molar-refractivity contribution in [2.45, 2.75) is 368 Å². The van der Waals surface area contributed by atoms with Crippen LogP contribution in [0.2, 0.25) is 0 Å². The summed E-state index contributed by atoms with van der Waals surface area (Å²) in [7, 11) is -9.90. The van der Waals surface area contributed by atoms with Gasteiger partial charge in [0.25, 0.3) is 0 Å². The summed E-state index contributed by atoms with van der Waals surface area (Å²) in [6.07, 6.45) is 45.8. The van der Waals surface area contributed by atoms with Crippen LogP contribution in [-0.2, 0) is 65.4 Å². The van der Waals surface area contributed by atoms with Gasteiger partial charge in [-0.05, 0) is 37.5 Å². The lowest BCUT2D eigenvalue weighted by Gasteiger charge is -2.21. The SMILES string of the molecule is CCCCCCCCCCCCCCC(=O)OC[C@H](COP(=O)(O)OC[C@@H](O)COP(=O)(O)OC[C@@H](COC(=O)CCCCCCCCC(C)C)OC(=O)CCCCCCCCCCCCCC)OC(=O)CCCCCCCCCCCCCCC(C)C. The van der Waals surface area contributed by atoms with Gasteiger partial charge in [0.15, 0.2) is 12.2 Å². The van der Waals surface area contributed by atoms with Crippen LogP contribution in [-0.4, -0.2) is 96.7 Å². The summed E-state index contributed by atoms with van der Waals surface area (Å²) in [5, 5.41) is 10.6. The molecule has 0 aliphatic carbocycles. The number of aliphatic hydroxyl groups is 1. The number of phosphoric acid groups is 2. The molecular weight excluding hydrogens is 1160 g/mol. The molecule has 5 atom stereocenters. The molecule has 0 bridgehead atoms. The van der Waals surface area contributed by atoms with E-state index in [-0.39, 0.29) is 25.7 Å². The molecule has 0 aliphatic rings. The van der Waals surface area contributed by atoms with Crippen molar-refractivity contribution in [1.82, 2.24) is 0 Å². The summed E-state index contributed by atoms with van der Waals surface area (Å²) in [5.74, 6) is -0.669. The van der Waals surface area contributed by atoms with Crippen molar-refractivity contribution in [3.63, 3.8) is 0 Å². The van der Waals surface area contributed by atoms with E-state index in [0.29, 0.717) is 31.6 Å². The van der Waals surface area contributed by atoms with E-state index in [9.17, 15) is 43.2 Å². The summed E-state index contributed by atoms with van der Waals surface area (Å²) in [4.78, 5) is 72.5. The van der Waals surface area contributed by atoms with Gasteiger partial charge < -0.3 is 33.8 Å². The van der Waals surface area contributed by atoms with Crippen molar-refractivity contribution in [2.24, 2.45) is 11.8 Å². The predicted octanol–water partition coefficient (Wildman–Crippen LogP) is 19.6. The molecule has 0 amide bonds. The highest BCUT2D eigenvalue weighted by Crippen LogP contribution is 2.45. The van der Waals surface area contributed by atoms with Crippen LogP contribution in [0, 0.1) is 11.8 Å². The molecule has 0 aromatic rings. The molecule has 0 spiro atoms. The Morgan fingerprint density at radius 1 is 0.307 bits per heavy atom. The monoisotopic (exact) mass is 1300 g/mol. The zero-order valence-corrected chi connectivity index (χ0v) is 58.8. The number of unbranched alkanes of at least 4 members (excludes halogenated alkanes) is 38. The standard InChI is InChI=1S/C69H134O17P2/c1-7-9-11-13-15-17-19-24-28-32-39-45-51-66(71)79-57-64(85-69(74)54-48-42-34-30-26-22-21-23-27-31-37-43-49-61(3)4)59-83-87(75,76)81-55-63(70)56-82-88(77,78)84-60-65(58-80-67(72)52-46-40-36-35-38-44-50-62(5)6)86-68(73)53-47-41-33-29-25-20-18-16-14-12-10-8-2/h61-65,70H,7-60H2,1-6H3,(H,75,76)(H,77,78)/t63-,64-,65-/m1/s1. The van der Waals surface area contributed by atoms with Crippen molar-refractivity contribution >= 4 is 39.5 Å². The summed E-state index contributed by atoms with van der Waals surface area (Å²) in [6, 6.07) is 0. The summed E-state index contributed by atoms with van der Waals surface area (Å²) in [5.41, 5.74) is 0. The first-order valence-corrected chi connectivity index (χ1v) is 39.0. The van der Waals surface area contributed by atoms with Crippen molar-refractivity contribution in [2.75, 3.05) is 39.6 Å². The second-order valence-electron chi connectivity index (χ2n) is 25.9. The molecule has 0 heterocycles. The fourth-order valence-corrected chi connectivity index (χ4v) is 12.0. The Kier molecular flexibility index (Phi) is 59.9. The Morgan fingerprint density at radius 2 is 0.523 bits per heavy atom. The Labute approximate surface area is 537 Å². The van der Waals surface area contributed by atoms with Crippen LogP contribution in [0.4, 0.5) is 0 Å². The molecule has 0 saturated carbocycles. The number of aliphatic hydroxyl groups excluding tert-OH is 1. The summed E-state index contributed by atoms with van der Waals surface area (Å²) >= 11 is 0. The maximum absolute atomic E-state index is 13.0. The first-order valence-electron chi connectivity index (χ1n) is 36.0. The second kappa shape index (κ2) is 61.3.